The standard InChI is InChI=1S/C24H17NO6S2/c1-30-23(29)16-9-7-14(8-10-16)18-12-11-17(31-18)13-19-21(26)25(24(32)33-19)20(22(27)28)15-5-3-2-4-6-15/h2-13,20H,1H3,(H,27,28)/b19-13-. The Morgan fingerprint density at radius 1 is 1.09 bits per heavy atom. The number of thioether (sulfide) groups is 1. The van der Waals surface area contributed by atoms with Crippen LogP contribution in [0, 0.1) is 0 Å². The van der Waals surface area contributed by atoms with Crippen LogP contribution in [-0.4, -0.2) is 39.3 Å². The molecule has 33 heavy (non-hydrogen) atoms. The summed E-state index contributed by atoms with van der Waals surface area (Å²) in [5.41, 5.74) is 1.62. The first-order valence-electron chi connectivity index (χ1n) is 9.72. The molecule has 0 aliphatic carbocycles. The van der Waals surface area contributed by atoms with Gasteiger partial charge in [0, 0.05) is 11.6 Å². The molecule has 4 rings (SSSR count). The van der Waals surface area contributed by atoms with E-state index in [1.807, 2.05) is 0 Å². The Kier molecular flexibility index (Phi) is 6.43. The smallest absolute Gasteiger partial charge is 0.337 e. The molecule has 0 saturated carbocycles. The van der Waals surface area contributed by atoms with Crippen molar-refractivity contribution in [3.63, 3.8) is 0 Å². The number of methoxy groups -OCH3 is 1. The summed E-state index contributed by atoms with van der Waals surface area (Å²) in [6, 6.07) is 17.4. The molecule has 0 radical (unpaired) electrons. The molecule has 166 valence electrons. The van der Waals surface area contributed by atoms with Gasteiger partial charge >= 0.3 is 11.9 Å². The third-order valence-electron chi connectivity index (χ3n) is 4.92. The van der Waals surface area contributed by atoms with Crippen LogP contribution in [0.3, 0.4) is 0 Å². The van der Waals surface area contributed by atoms with Gasteiger partial charge in [0.25, 0.3) is 5.91 Å². The minimum atomic E-state index is -1.22. The second kappa shape index (κ2) is 9.43. The normalized spacial score (nSPS) is 15.7. The van der Waals surface area contributed by atoms with Crippen molar-refractivity contribution < 1.29 is 28.6 Å². The average Bonchev–Trinajstić information content (AvgIpc) is 3.39. The summed E-state index contributed by atoms with van der Waals surface area (Å²) in [5.74, 6) is -1.15. The van der Waals surface area contributed by atoms with Crippen molar-refractivity contribution >= 4 is 52.2 Å². The Hall–Kier alpha value is -3.69. The highest BCUT2D eigenvalue weighted by atomic mass is 32.2. The van der Waals surface area contributed by atoms with Crippen molar-refractivity contribution in [2.45, 2.75) is 6.04 Å². The number of furan rings is 1. The summed E-state index contributed by atoms with van der Waals surface area (Å²) >= 11 is 6.35. The summed E-state index contributed by atoms with van der Waals surface area (Å²) in [5, 5.41) is 9.77. The van der Waals surface area contributed by atoms with Crippen LogP contribution >= 0.6 is 24.0 Å². The number of carboxylic acid groups (broad SMARTS) is 1. The van der Waals surface area contributed by atoms with Crippen LogP contribution < -0.4 is 0 Å². The van der Waals surface area contributed by atoms with Gasteiger partial charge in [-0.2, -0.15) is 0 Å². The molecule has 1 aromatic heterocycles. The Bertz CT molecular complexity index is 1260. The molecular weight excluding hydrogens is 462 g/mol. The molecule has 1 unspecified atom stereocenters. The molecule has 1 aliphatic rings. The minimum absolute atomic E-state index is 0.160. The first-order chi connectivity index (χ1) is 15.9. The van der Waals surface area contributed by atoms with Crippen molar-refractivity contribution in [3.8, 4) is 11.3 Å². The van der Waals surface area contributed by atoms with E-state index in [0.29, 0.717) is 22.6 Å². The Labute approximate surface area is 198 Å². The number of carbonyl (C=O) groups is 3. The number of hydrogen-bond donors (Lipinski definition) is 1. The number of carbonyl (C=O) groups excluding carboxylic acids is 2. The van der Waals surface area contributed by atoms with Crippen molar-refractivity contribution in [1.29, 1.82) is 0 Å². The molecule has 0 bridgehead atoms. The summed E-state index contributed by atoms with van der Waals surface area (Å²) < 4.78 is 10.7. The third-order valence-corrected chi connectivity index (χ3v) is 6.25. The van der Waals surface area contributed by atoms with Crippen molar-refractivity contribution in [1.82, 2.24) is 4.90 Å². The van der Waals surface area contributed by atoms with Crippen LogP contribution in [0.2, 0.25) is 0 Å². The lowest BCUT2D eigenvalue weighted by molar-refractivity contribution is -0.145. The Morgan fingerprint density at radius 2 is 1.79 bits per heavy atom. The molecule has 2 aromatic carbocycles. The minimum Gasteiger partial charge on any atom is -0.479 e. The van der Waals surface area contributed by atoms with Crippen LogP contribution in [0.15, 0.2) is 76.1 Å². The van der Waals surface area contributed by atoms with Crippen LogP contribution in [-0.2, 0) is 14.3 Å². The molecule has 1 saturated heterocycles. The second-order valence-electron chi connectivity index (χ2n) is 6.97. The fourth-order valence-corrected chi connectivity index (χ4v) is 4.64. The van der Waals surface area contributed by atoms with Crippen LogP contribution in [0.25, 0.3) is 17.4 Å². The van der Waals surface area contributed by atoms with E-state index in [1.54, 1.807) is 66.7 Å². The molecule has 1 aliphatic heterocycles. The van der Waals surface area contributed by atoms with Gasteiger partial charge < -0.3 is 14.3 Å². The number of carboxylic acids is 1. The SMILES string of the molecule is COC(=O)c1ccc(-c2ccc(/C=C3\SC(=S)N(C(C(=O)O)c4ccccc4)C3=O)o2)cc1. The number of hydrogen-bond acceptors (Lipinski definition) is 7. The van der Waals surface area contributed by atoms with E-state index in [9.17, 15) is 19.5 Å². The number of benzene rings is 2. The fourth-order valence-electron chi connectivity index (χ4n) is 3.34. The van der Waals surface area contributed by atoms with Gasteiger partial charge in [-0.1, -0.05) is 66.4 Å². The number of esters is 1. The lowest BCUT2D eigenvalue weighted by atomic mass is 10.1. The van der Waals surface area contributed by atoms with Gasteiger partial charge in [0.15, 0.2) is 6.04 Å². The van der Waals surface area contributed by atoms with Gasteiger partial charge in [-0.05, 0) is 29.8 Å². The van der Waals surface area contributed by atoms with Gasteiger partial charge in [-0.25, -0.2) is 9.59 Å². The quantitative estimate of drug-likeness (QED) is 0.307. The number of ether oxygens (including phenoxy) is 1. The summed E-state index contributed by atoms with van der Waals surface area (Å²) in [7, 11) is 1.32. The maximum absolute atomic E-state index is 13.0. The molecule has 1 amide bonds. The fraction of sp³-hybridized carbons (Fsp3) is 0.0833. The zero-order chi connectivity index (χ0) is 23.5. The van der Waals surface area contributed by atoms with E-state index < -0.39 is 23.9 Å². The van der Waals surface area contributed by atoms with E-state index in [2.05, 4.69) is 0 Å². The molecule has 1 fully saturated rings. The molecule has 3 aromatic rings. The summed E-state index contributed by atoms with van der Waals surface area (Å²) in [4.78, 5) is 38.0. The van der Waals surface area contributed by atoms with E-state index >= 15 is 0 Å². The lowest BCUT2D eigenvalue weighted by Crippen LogP contribution is -2.37. The van der Waals surface area contributed by atoms with Gasteiger partial charge in [-0.15, -0.1) is 0 Å². The number of nitrogens with zero attached hydrogens (tertiary/aromatic N) is 1. The maximum atomic E-state index is 13.0. The van der Waals surface area contributed by atoms with Gasteiger partial charge in [-0.3, -0.25) is 9.69 Å². The van der Waals surface area contributed by atoms with Gasteiger partial charge in [0.05, 0.1) is 17.6 Å². The molecule has 1 atom stereocenters. The van der Waals surface area contributed by atoms with Crippen LogP contribution in [0.5, 0.6) is 0 Å². The number of thiocarbonyl (C=S) groups is 1. The van der Waals surface area contributed by atoms with Crippen molar-refractivity contribution in [2.75, 3.05) is 7.11 Å². The number of aliphatic carboxylic acids is 1. The highest BCUT2D eigenvalue weighted by Gasteiger charge is 2.41. The monoisotopic (exact) mass is 479 g/mol. The summed E-state index contributed by atoms with van der Waals surface area (Å²) in [6.07, 6.45) is 1.54. The first kappa shape index (κ1) is 22.5. The Morgan fingerprint density at radius 3 is 2.42 bits per heavy atom. The van der Waals surface area contributed by atoms with Crippen LogP contribution in [0.4, 0.5) is 0 Å². The molecular formula is C24H17NO6S2. The third kappa shape index (κ3) is 4.59. The van der Waals surface area contributed by atoms with Crippen LogP contribution in [0.1, 0.15) is 27.7 Å². The van der Waals surface area contributed by atoms with Gasteiger partial charge in [0.1, 0.15) is 15.8 Å². The highest BCUT2D eigenvalue weighted by molar-refractivity contribution is 8.26. The predicted octanol–water partition coefficient (Wildman–Crippen LogP) is 4.76. The van der Waals surface area contributed by atoms with Crippen molar-refractivity contribution in [2.24, 2.45) is 0 Å². The number of amides is 1. The zero-order valence-electron chi connectivity index (χ0n) is 17.3. The van der Waals surface area contributed by atoms with E-state index in [1.165, 1.54) is 13.2 Å². The first-order valence-corrected chi connectivity index (χ1v) is 10.9. The van der Waals surface area contributed by atoms with Gasteiger partial charge in [0.2, 0.25) is 0 Å². The van der Waals surface area contributed by atoms with E-state index in [4.69, 9.17) is 21.4 Å². The molecule has 7 nitrogen and oxygen atoms in total. The lowest BCUT2D eigenvalue weighted by Gasteiger charge is -2.23. The average molecular weight is 480 g/mol. The second-order valence-corrected chi connectivity index (χ2v) is 8.65. The van der Waals surface area contributed by atoms with Crippen molar-refractivity contribution in [3.05, 3.63) is 88.5 Å². The largest absolute Gasteiger partial charge is 0.479 e. The highest BCUT2D eigenvalue weighted by Crippen LogP contribution is 2.38. The molecule has 2 heterocycles. The molecule has 9 heteroatoms. The topological polar surface area (TPSA) is 97.0 Å². The molecule has 1 N–H and O–H groups in total. The molecule has 0 spiro atoms. The zero-order valence-corrected chi connectivity index (χ0v) is 18.9. The number of rotatable bonds is 6. The van der Waals surface area contributed by atoms with E-state index in [-0.39, 0.29) is 9.23 Å². The summed E-state index contributed by atoms with van der Waals surface area (Å²) in [6.45, 7) is 0. The predicted molar refractivity (Wildman–Crippen MR) is 127 cm³/mol. The van der Waals surface area contributed by atoms with E-state index in [0.717, 1.165) is 22.2 Å². The Balaban J connectivity index is 1.58. The maximum Gasteiger partial charge on any atom is 0.337 e.